The van der Waals surface area contributed by atoms with E-state index < -0.39 is 15.9 Å². The van der Waals surface area contributed by atoms with Crippen molar-refractivity contribution in [3.63, 3.8) is 0 Å². The second kappa shape index (κ2) is 8.05. The third-order valence-electron chi connectivity index (χ3n) is 5.40. The van der Waals surface area contributed by atoms with Crippen molar-refractivity contribution in [2.75, 3.05) is 29.8 Å². The lowest BCUT2D eigenvalue weighted by Crippen LogP contribution is -2.29. The first kappa shape index (κ1) is 20.9. The second-order valence-electron chi connectivity index (χ2n) is 7.55. The molecule has 160 valence electrons. The average molecular weight is 438 g/mol. The van der Waals surface area contributed by atoms with Gasteiger partial charge >= 0.3 is 0 Å². The molecule has 7 nitrogen and oxygen atoms in total. The molecule has 0 saturated carbocycles. The number of sulfonamides is 1. The van der Waals surface area contributed by atoms with E-state index in [2.05, 4.69) is 0 Å². The quantitative estimate of drug-likeness (QED) is 0.364. The Hall–Kier alpha value is -3.36. The molecule has 0 aliphatic carbocycles. The summed E-state index contributed by atoms with van der Waals surface area (Å²) in [4.78, 5) is 13.4. The summed E-state index contributed by atoms with van der Waals surface area (Å²) in [5.74, 6) is -0.627. The summed E-state index contributed by atoms with van der Waals surface area (Å²) in [5.41, 5.74) is 4.79. The van der Waals surface area contributed by atoms with Crippen LogP contribution in [0.15, 0.2) is 65.6 Å². The van der Waals surface area contributed by atoms with E-state index in [1.165, 1.54) is 10.4 Å². The minimum Gasteiger partial charge on any atom is -0.377 e. The van der Waals surface area contributed by atoms with Gasteiger partial charge in [-0.2, -0.15) is 0 Å². The van der Waals surface area contributed by atoms with Gasteiger partial charge in [0, 0.05) is 43.2 Å². The molecule has 3 aromatic rings. The number of anilines is 2. The predicted molar refractivity (Wildman–Crippen MR) is 122 cm³/mol. The zero-order valence-electron chi connectivity index (χ0n) is 17.2. The van der Waals surface area contributed by atoms with Gasteiger partial charge in [0.25, 0.3) is 15.9 Å². The number of carbonyl (C=O) groups excluding carboxylic acids is 1. The molecule has 0 fully saturated rings. The van der Waals surface area contributed by atoms with E-state index >= 15 is 0 Å². The van der Waals surface area contributed by atoms with Crippen molar-refractivity contribution in [3.05, 3.63) is 71.8 Å². The molecular formula is C23H23N3O4S. The minimum absolute atomic E-state index is 0.283. The highest BCUT2D eigenvalue weighted by Crippen LogP contribution is 2.37. The maximum absolute atomic E-state index is 13.6. The number of hydrogen-bond acceptors (Lipinski definition) is 5. The van der Waals surface area contributed by atoms with Gasteiger partial charge in [0.05, 0.1) is 10.6 Å². The molecule has 0 spiro atoms. The Kier molecular flexibility index (Phi) is 5.43. The van der Waals surface area contributed by atoms with Crippen molar-refractivity contribution in [1.82, 2.24) is 5.48 Å². The number of hydroxylamine groups is 1. The first-order valence-electron chi connectivity index (χ1n) is 9.80. The summed E-state index contributed by atoms with van der Waals surface area (Å²) in [6.45, 7) is 0.353. The molecule has 1 amide bonds. The molecule has 0 saturated heterocycles. The van der Waals surface area contributed by atoms with Gasteiger partial charge < -0.3 is 4.90 Å². The lowest BCUT2D eigenvalue weighted by atomic mass is 10.1. The predicted octanol–water partition coefficient (Wildman–Crippen LogP) is 3.18. The summed E-state index contributed by atoms with van der Waals surface area (Å²) in [5, 5.41) is 10.2. The van der Waals surface area contributed by atoms with E-state index in [0.717, 1.165) is 22.2 Å². The average Bonchev–Trinajstić information content (AvgIpc) is 3.20. The summed E-state index contributed by atoms with van der Waals surface area (Å²) < 4.78 is 28.7. The molecule has 1 aliphatic heterocycles. The number of nitrogens with zero attached hydrogens (tertiary/aromatic N) is 2. The van der Waals surface area contributed by atoms with Crippen molar-refractivity contribution < 1.29 is 18.4 Å². The van der Waals surface area contributed by atoms with Gasteiger partial charge in [-0.15, -0.1) is 0 Å². The van der Waals surface area contributed by atoms with Gasteiger partial charge in [0.15, 0.2) is 0 Å². The van der Waals surface area contributed by atoms with Crippen LogP contribution in [0.25, 0.3) is 16.8 Å². The molecule has 0 radical (unpaired) electrons. The fraction of sp³-hybridized carbons (Fsp3) is 0.174. The molecule has 0 unspecified atom stereocenters. The number of amides is 1. The van der Waals surface area contributed by atoms with Crippen LogP contribution in [0.4, 0.5) is 11.4 Å². The SMILES string of the molecule is CN(C)c1cccc2c(S(=O)(=O)N3CCc4cc(C=CC(=O)NO)ccc43)cccc12. The van der Waals surface area contributed by atoms with Crippen molar-refractivity contribution in [2.24, 2.45) is 0 Å². The van der Waals surface area contributed by atoms with Crippen molar-refractivity contribution in [3.8, 4) is 0 Å². The molecule has 0 bridgehead atoms. The number of rotatable bonds is 5. The Balaban J connectivity index is 1.75. The zero-order valence-corrected chi connectivity index (χ0v) is 18.1. The Labute approximate surface area is 181 Å². The van der Waals surface area contributed by atoms with E-state index in [1.807, 2.05) is 49.3 Å². The monoisotopic (exact) mass is 437 g/mol. The Morgan fingerprint density at radius 1 is 1.10 bits per heavy atom. The smallest absolute Gasteiger partial charge is 0.267 e. The largest absolute Gasteiger partial charge is 0.377 e. The van der Waals surface area contributed by atoms with Gasteiger partial charge in [-0.25, -0.2) is 13.9 Å². The molecule has 1 aliphatic rings. The van der Waals surface area contributed by atoms with Crippen LogP contribution in [0.2, 0.25) is 0 Å². The summed E-state index contributed by atoms with van der Waals surface area (Å²) in [7, 11) is 0.103. The first-order valence-corrected chi connectivity index (χ1v) is 11.2. The van der Waals surface area contributed by atoms with Gasteiger partial charge in [0.2, 0.25) is 0 Å². The molecule has 2 N–H and O–H groups in total. The fourth-order valence-electron chi connectivity index (χ4n) is 3.95. The van der Waals surface area contributed by atoms with Crippen LogP contribution in [-0.4, -0.2) is 40.2 Å². The summed E-state index contributed by atoms with van der Waals surface area (Å²) in [6, 6.07) is 16.4. The lowest BCUT2D eigenvalue weighted by molar-refractivity contribution is -0.124. The number of benzene rings is 3. The van der Waals surface area contributed by atoms with Crippen LogP contribution >= 0.6 is 0 Å². The highest BCUT2D eigenvalue weighted by atomic mass is 32.2. The van der Waals surface area contributed by atoms with Gasteiger partial charge in [-0.05, 0) is 47.9 Å². The van der Waals surface area contributed by atoms with E-state index in [4.69, 9.17) is 5.21 Å². The van der Waals surface area contributed by atoms with Crippen molar-refractivity contribution in [2.45, 2.75) is 11.3 Å². The van der Waals surface area contributed by atoms with Gasteiger partial charge in [-0.3, -0.25) is 14.3 Å². The molecular weight excluding hydrogens is 414 g/mol. The molecule has 1 heterocycles. The third-order valence-corrected chi connectivity index (χ3v) is 7.27. The Bertz CT molecular complexity index is 1300. The van der Waals surface area contributed by atoms with Crippen molar-refractivity contribution >= 4 is 44.2 Å². The molecule has 0 aromatic heterocycles. The fourth-order valence-corrected chi connectivity index (χ4v) is 5.66. The van der Waals surface area contributed by atoms with E-state index in [1.54, 1.807) is 35.8 Å². The number of hydrogen-bond donors (Lipinski definition) is 2. The Morgan fingerprint density at radius 3 is 2.58 bits per heavy atom. The molecule has 0 atom stereocenters. The molecule has 3 aromatic carbocycles. The maximum atomic E-state index is 13.6. The van der Waals surface area contributed by atoms with E-state index in [9.17, 15) is 13.2 Å². The lowest BCUT2D eigenvalue weighted by Gasteiger charge is -2.22. The summed E-state index contributed by atoms with van der Waals surface area (Å²) >= 11 is 0. The first-order chi connectivity index (χ1) is 14.8. The van der Waals surface area contributed by atoms with Crippen LogP contribution in [0.1, 0.15) is 11.1 Å². The topological polar surface area (TPSA) is 90.0 Å². The number of carbonyl (C=O) groups is 1. The highest BCUT2D eigenvalue weighted by molar-refractivity contribution is 7.93. The standard InChI is InChI=1S/C23H23N3O4S/c1-25(2)21-7-3-6-19-18(21)5-4-8-22(19)31(29,30)26-14-13-17-15-16(9-11-20(17)26)10-12-23(27)24-28/h3-12,15,28H,13-14H2,1-2H3,(H,24,27). The maximum Gasteiger partial charge on any atom is 0.267 e. The molecule has 4 rings (SSSR count). The minimum atomic E-state index is -3.76. The van der Waals surface area contributed by atoms with Gasteiger partial charge in [-0.1, -0.05) is 30.3 Å². The van der Waals surface area contributed by atoms with Crippen molar-refractivity contribution in [1.29, 1.82) is 0 Å². The van der Waals surface area contributed by atoms with E-state index in [0.29, 0.717) is 24.0 Å². The Morgan fingerprint density at radius 2 is 1.84 bits per heavy atom. The number of nitrogens with one attached hydrogen (secondary N) is 1. The van der Waals surface area contributed by atoms with Crippen LogP contribution < -0.4 is 14.7 Å². The molecule has 31 heavy (non-hydrogen) atoms. The highest BCUT2D eigenvalue weighted by Gasteiger charge is 2.32. The summed E-state index contributed by atoms with van der Waals surface area (Å²) in [6.07, 6.45) is 3.36. The molecule has 8 heteroatoms. The zero-order chi connectivity index (χ0) is 22.2. The van der Waals surface area contributed by atoms with Gasteiger partial charge in [0.1, 0.15) is 0 Å². The van der Waals surface area contributed by atoms with Crippen LogP contribution in [0.3, 0.4) is 0 Å². The van der Waals surface area contributed by atoms with Crippen LogP contribution in [0, 0.1) is 0 Å². The normalized spacial score (nSPS) is 13.6. The van der Waals surface area contributed by atoms with E-state index in [-0.39, 0.29) is 4.90 Å². The van der Waals surface area contributed by atoms with Crippen LogP contribution in [-0.2, 0) is 21.2 Å². The number of fused-ring (bicyclic) bond motifs is 2. The van der Waals surface area contributed by atoms with Crippen LogP contribution in [0.5, 0.6) is 0 Å². The third kappa shape index (κ3) is 3.75. The second-order valence-corrected chi connectivity index (χ2v) is 9.38.